The van der Waals surface area contributed by atoms with E-state index in [4.69, 9.17) is 22.7 Å². The van der Waals surface area contributed by atoms with Crippen molar-refractivity contribution in [2.75, 3.05) is 18.1 Å². The largest absolute Gasteiger partial charge is 0.492 e. The highest BCUT2D eigenvalue weighted by Gasteiger charge is 2.12. The van der Waals surface area contributed by atoms with Crippen LogP contribution < -0.4 is 10.5 Å². The van der Waals surface area contributed by atoms with Crippen molar-refractivity contribution in [2.24, 2.45) is 5.73 Å². The van der Waals surface area contributed by atoms with Crippen molar-refractivity contribution in [3.8, 4) is 5.75 Å². The first-order valence-corrected chi connectivity index (χ1v) is 8.74. The van der Waals surface area contributed by atoms with E-state index in [9.17, 15) is 8.42 Å². The van der Waals surface area contributed by atoms with Gasteiger partial charge in [-0.2, -0.15) is 0 Å². The predicted molar refractivity (Wildman–Crippen MR) is 86.2 cm³/mol. The Morgan fingerprint density at radius 1 is 1.25 bits per heavy atom. The fraction of sp³-hybridized carbons (Fsp3) is 0.500. The third-order valence-corrected chi connectivity index (χ3v) is 4.96. The molecule has 0 saturated carbocycles. The second kappa shape index (κ2) is 7.04. The number of hydrogen-bond donors (Lipinski definition) is 1. The topological polar surface area (TPSA) is 69.4 Å². The lowest BCUT2D eigenvalue weighted by molar-refractivity contribution is 0.336. The third-order valence-electron chi connectivity index (χ3n) is 2.90. The van der Waals surface area contributed by atoms with Gasteiger partial charge in [0.25, 0.3) is 0 Å². The number of rotatable bonds is 7. The van der Waals surface area contributed by atoms with Crippen LogP contribution in [0.25, 0.3) is 0 Å². The molecular weight excluding hydrogens is 294 g/mol. The Hall–Kier alpha value is -1.14. The van der Waals surface area contributed by atoms with Crippen molar-refractivity contribution in [2.45, 2.75) is 27.2 Å². The molecule has 0 aliphatic heterocycles. The Bertz CT molecular complexity index is 571. The molecule has 6 heteroatoms. The first kappa shape index (κ1) is 16.9. The monoisotopic (exact) mass is 315 g/mol. The van der Waals surface area contributed by atoms with Gasteiger partial charge in [0.15, 0.2) is 9.84 Å². The maximum absolute atomic E-state index is 11.6. The van der Waals surface area contributed by atoms with Crippen LogP contribution in [-0.4, -0.2) is 31.5 Å². The zero-order valence-corrected chi connectivity index (χ0v) is 13.7. The molecule has 0 heterocycles. The van der Waals surface area contributed by atoms with Crippen LogP contribution in [0.2, 0.25) is 0 Å². The smallest absolute Gasteiger partial charge is 0.153 e. The Labute approximate surface area is 126 Å². The Morgan fingerprint density at radius 3 is 2.25 bits per heavy atom. The molecule has 0 aliphatic carbocycles. The molecule has 0 saturated heterocycles. The van der Waals surface area contributed by atoms with Gasteiger partial charge in [0, 0.05) is 5.56 Å². The first-order chi connectivity index (χ1) is 9.26. The fourth-order valence-corrected chi connectivity index (χ4v) is 3.29. The maximum atomic E-state index is 11.6. The number of aryl methyl sites for hydroxylation is 2. The van der Waals surface area contributed by atoms with Gasteiger partial charge in [-0.25, -0.2) is 8.42 Å². The molecule has 1 aromatic rings. The Morgan fingerprint density at radius 2 is 1.80 bits per heavy atom. The van der Waals surface area contributed by atoms with Crippen LogP contribution in [0.4, 0.5) is 0 Å². The highest BCUT2D eigenvalue weighted by atomic mass is 32.2. The molecule has 1 aromatic carbocycles. The van der Waals surface area contributed by atoms with Crippen LogP contribution in [0.5, 0.6) is 5.75 Å². The lowest BCUT2D eigenvalue weighted by atomic mass is 10.1. The molecule has 0 amide bonds. The second-order valence-corrected chi connectivity index (χ2v) is 7.55. The minimum atomic E-state index is -3.01. The summed E-state index contributed by atoms with van der Waals surface area (Å²) in [5, 5.41) is 0. The minimum absolute atomic E-state index is 0.0385. The summed E-state index contributed by atoms with van der Waals surface area (Å²) < 4.78 is 28.9. The van der Waals surface area contributed by atoms with E-state index in [0.29, 0.717) is 17.2 Å². The zero-order valence-electron chi connectivity index (χ0n) is 12.1. The standard InChI is InChI=1S/C14H21NO3S2/c1-4-6-20(16,17)7-5-18-13-10(2)8-12(14(15)19)9-11(13)3/h8-9H,4-7H2,1-3H3,(H2,15,19). The van der Waals surface area contributed by atoms with Gasteiger partial charge >= 0.3 is 0 Å². The SMILES string of the molecule is CCCS(=O)(=O)CCOc1c(C)cc(C(N)=S)cc1C. The van der Waals surface area contributed by atoms with Crippen molar-refractivity contribution in [1.82, 2.24) is 0 Å². The van der Waals surface area contributed by atoms with Gasteiger partial charge in [-0.3, -0.25) is 0 Å². The third kappa shape index (κ3) is 4.76. The van der Waals surface area contributed by atoms with Gasteiger partial charge in [0.05, 0.1) is 11.5 Å². The molecule has 0 aliphatic rings. The molecule has 0 spiro atoms. The van der Waals surface area contributed by atoms with E-state index in [-0.39, 0.29) is 18.1 Å². The van der Waals surface area contributed by atoms with E-state index in [2.05, 4.69) is 0 Å². The maximum Gasteiger partial charge on any atom is 0.153 e. The van der Waals surface area contributed by atoms with Crippen LogP contribution in [0, 0.1) is 13.8 Å². The van der Waals surface area contributed by atoms with Crippen LogP contribution in [0.1, 0.15) is 30.0 Å². The Balaban J connectivity index is 2.77. The molecule has 0 aromatic heterocycles. The number of hydrogen-bond acceptors (Lipinski definition) is 4. The number of thiocarbonyl (C=S) groups is 1. The molecule has 0 atom stereocenters. The average Bonchev–Trinajstić information content (AvgIpc) is 2.32. The summed E-state index contributed by atoms with van der Waals surface area (Å²) in [7, 11) is -3.01. The fourth-order valence-electron chi connectivity index (χ4n) is 2.00. The summed E-state index contributed by atoms with van der Waals surface area (Å²) in [6.45, 7) is 5.80. The van der Waals surface area contributed by atoms with Crippen molar-refractivity contribution in [3.63, 3.8) is 0 Å². The molecule has 0 bridgehead atoms. The van der Waals surface area contributed by atoms with Gasteiger partial charge in [0.1, 0.15) is 17.3 Å². The quantitative estimate of drug-likeness (QED) is 0.781. The lowest BCUT2D eigenvalue weighted by Gasteiger charge is -2.14. The van der Waals surface area contributed by atoms with Crippen LogP contribution in [0.3, 0.4) is 0 Å². The zero-order chi connectivity index (χ0) is 15.3. The molecule has 0 radical (unpaired) electrons. The molecule has 0 unspecified atom stereocenters. The van der Waals surface area contributed by atoms with Crippen LogP contribution in [-0.2, 0) is 9.84 Å². The van der Waals surface area contributed by atoms with E-state index >= 15 is 0 Å². The molecule has 20 heavy (non-hydrogen) atoms. The lowest BCUT2D eigenvalue weighted by Crippen LogP contribution is -2.17. The minimum Gasteiger partial charge on any atom is -0.492 e. The molecule has 0 fully saturated rings. The van der Waals surface area contributed by atoms with Gasteiger partial charge in [-0.15, -0.1) is 0 Å². The summed E-state index contributed by atoms with van der Waals surface area (Å²) in [6.07, 6.45) is 0.628. The van der Waals surface area contributed by atoms with E-state index in [1.54, 1.807) is 0 Å². The summed E-state index contributed by atoms with van der Waals surface area (Å²) in [6, 6.07) is 3.70. The predicted octanol–water partition coefficient (Wildman–Crippen LogP) is 2.14. The normalized spacial score (nSPS) is 11.3. The number of benzene rings is 1. The van der Waals surface area contributed by atoms with Gasteiger partial charge in [-0.05, 0) is 43.5 Å². The molecule has 112 valence electrons. The highest BCUT2D eigenvalue weighted by molar-refractivity contribution is 7.91. The van der Waals surface area contributed by atoms with Gasteiger partial charge in [-0.1, -0.05) is 19.1 Å². The van der Waals surface area contributed by atoms with Crippen molar-refractivity contribution < 1.29 is 13.2 Å². The molecule has 2 N–H and O–H groups in total. The van der Waals surface area contributed by atoms with Crippen molar-refractivity contribution in [1.29, 1.82) is 0 Å². The van der Waals surface area contributed by atoms with Crippen LogP contribution >= 0.6 is 12.2 Å². The van der Waals surface area contributed by atoms with Crippen molar-refractivity contribution in [3.05, 3.63) is 28.8 Å². The second-order valence-electron chi connectivity index (χ2n) is 4.80. The molecule has 1 rings (SSSR count). The summed E-state index contributed by atoms with van der Waals surface area (Å²) in [5.41, 5.74) is 8.20. The van der Waals surface area contributed by atoms with Crippen molar-refractivity contribution >= 4 is 27.0 Å². The number of ether oxygens (including phenoxy) is 1. The van der Waals surface area contributed by atoms with Gasteiger partial charge < -0.3 is 10.5 Å². The highest BCUT2D eigenvalue weighted by Crippen LogP contribution is 2.24. The van der Waals surface area contributed by atoms with E-state index in [1.165, 1.54) is 0 Å². The first-order valence-electron chi connectivity index (χ1n) is 6.51. The van der Waals surface area contributed by atoms with E-state index in [0.717, 1.165) is 16.7 Å². The van der Waals surface area contributed by atoms with Crippen LogP contribution in [0.15, 0.2) is 12.1 Å². The van der Waals surface area contributed by atoms with Gasteiger partial charge in [0.2, 0.25) is 0 Å². The Kier molecular flexibility index (Phi) is 5.95. The summed E-state index contributed by atoms with van der Waals surface area (Å²) in [5.74, 6) is 0.947. The number of sulfone groups is 1. The van der Waals surface area contributed by atoms with E-state index in [1.807, 2.05) is 32.9 Å². The summed E-state index contributed by atoms with van der Waals surface area (Å²) in [4.78, 5) is 0.341. The average molecular weight is 315 g/mol. The molecule has 4 nitrogen and oxygen atoms in total. The van der Waals surface area contributed by atoms with E-state index < -0.39 is 9.84 Å². The number of nitrogens with two attached hydrogens (primary N) is 1. The molecular formula is C14H21NO3S2. The summed E-state index contributed by atoms with van der Waals surface area (Å²) >= 11 is 4.95.